The maximum atomic E-state index is 11.6. The van der Waals surface area contributed by atoms with Gasteiger partial charge in [0.1, 0.15) is 4.88 Å². The SMILES string of the molecule is O=C(NCC(O)c1ccccc1)c1cncs1. The average molecular weight is 248 g/mol. The van der Waals surface area contributed by atoms with Gasteiger partial charge < -0.3 is 10.4 Å². The first-order valence-electron chi connectivity index (χ1n) is 5.17. The topological polar surface area (TPSA) is 62.2 Å². The fourth-order valence-electron chi connectivity index (χ4n) is 1.40. The minimum Gasteiger partial charge on any atom is -0.387 e. The monoisotopic (exact) mass is 248 g/mol. The number of nitrogens with one attached hydrogen (secondary N) is 1. The van der Waals surface area contributed by atoms with Crippen molar-refractivity contribution in [2.24, 2.45) is 0 Å². The molecular weight excluding hydrogens is 236 g/mol. The molecule has 17 heavy (non-hydrogen) atoms. The van der Waals surface area contributed by atoms with Crippen molar-refractivity contribution < 1.29 is 9.90 Å². The molecule has 0 aliphatic carbocycles. The zero-order valence-corrected chi connectivity index (χ0v) is 9.85. The van der Waals surface area contributed by atoms with Crippen LogP contribution in [0.25, 0.3) is 0 Å². The molecule has 0 radical (unpaired) electrons. The lowest BCUT2D eigenvalue weighted by molar-refractivity contribution is 0.0920. The van der Waals surface area contributed by atoms with Crippen molar-refractivity contribution >= 4 is 17.2 Å². The molecule has 1 aromatic heterocycles. The van der Waals surface area contributed by atoms with Crippen LogP contribution in [-0.2, 0) is 0 Å². The number of aromatic nitrogens is 1. The van der Waals surface area contributed by atoms with Crippen LogP contribution >= 0.6 is 11.3 Å². The van der Waals surface area contributed by atoms with Crippen LogP contribution in [0.5, 0.6) is 0 Å². The Balaban J connectivity index is 1.89. The Morgan fingerprint density at radius 2 is 2.18 bits per heavy atom. The van der Waals surface area contributed by atoms with Crippen LogP contribution in [0.15, 0.2) is 42.0 Å². The number of rotatable bonds is 4. The van der Waals surface area contributed by atoms with Gasteiger partial charge in [-0.05, 0) is 5.56 Å². The van der Waals surface area contributed by atoms with Crippen LogP contribution in [0.1, 0.15) is 21.3 Å². The number of benzene rings is 1. The Kier molecular flexibility index (Phi) is 3.85. The second kappa shape index (κ2) is 5.56. The number of hydrogen-bond donors (Lipinski definition) is 2. The number of amides is 1. The van der Waals surface area contributed by atoms with E-state index in [1.807, 2.05) is 30.3 Å². The van der Waals surface area contributed by atoms with E-state index >= 15 is 0 Å². The van der Waals surface area contributed by atoms with Gasteiger partial charge in [0, 0.05) is 6.54 Å². The fraction of sp³-hybridized carbons (Fsp3) is 0.167. The summed E-state index contributed by atoms with van der Waals surface area (Å²) >= 11 is 1.27. The number of thiazole rings is 1. The molecule has 0 bridgehead atoms. The van der Waals surface area contributed by atoms with Crippen molar-refractivity contribution in [3.63, 3.8) is 0 Å². The molecule has 5 heteroatoms. The molecular formula is C12H12N2O2S. The lowest BCUT2D eigenvalue weighted by Gasteiger charge is -2.11. The highest BCUT2D eigenvalue weighted by Crippen LogP contribution is 2.11. The van der Waals surface area contributed by atoms with Crippen molar-refractivity contribution in [2.45, 2.75) is 6.10 Å². The number of carbonyl (C=O) groups excluding carboxylic acids is 1. The summed E-state index contributed by atoms with van der Waals surface area (Å²) in [6, 6.07) is 9.23. The zero-order chi connectivity index (χ0) is 12.1. The summed E-state index contributed by atoms with van der Waals surface area (Å²) in [5.74, 6) is -0.206. The van der Waals surface area contributed by atoms with E-state index in [9.17, 15) is 9.90 Å². The number of aliphatic hydroxyl groups excluding tert-OH is 1. The van der Waals surface area contributed by atoms with Gasteiger partial charge >= 0.3 is 0 Å². The van der Waals surface area contributed by atoms with Crippen molar-refractivity contribution in [1.82, 2.24) is 10.3 Å². The highest BCUT2D eigenvalue weighted by molar-refractivity contribution is 7.11. The maximum absolute atomic E-state index is 11.6. The molecule has 1 atom stereocenters. The molecule has 2 aromatic rings. The molecule has 0 saturated heterocycles. The molecule has 4 nitrogen and oxygen atoms in total. The summed E-state index contributed by atoms with van der Waals surface area (Å²) in [7, 11) is 0. The summed E-state index contributed by atoms with van der Waals surface area (Å²) in [4.78, 5) is 16.0. The highest BCUT2D eigenvalue weighted by atomic mass is 32.1. The van der Waals surface area contributed by atoms with Crippen LogP contribution in [0.3, 0.4) is 0 Å². The lowest BCUT2D eigenvalue weighted by Crippen LogP contribution is -2.27. The third-order valence-corrected chi connectivity index (χ3v) is 3.07. The molecule has 0 fully saturated rings. The molecule has 0 aliphatic rings. The minimum atomic E-state index is -0.687. The number of hydrogen-bond acceptors (Lipinski definition) is 4. The molecule has 0 spiro atoms. The Morgan fingerprint density at radius 3 is 2.82 bits per heavy atom. The average Bonchev–Trinajstić information content (AvgIpc) is 2.90. The van der Waals surface area contributed by atoms with E-state index in [-0.39, 0.29) is 12.5 Å². The van der Waals surface area contributed by atoms with Crippen LogP contribution in [0, 0.1) is 0 Å². The second-order valence-electron chi connectivity index (χ2n) is 3.50. The van der Waals surface area contributed by atoms with Crippen molar-refractivity contribution in [3.8, 4) is 0 Å². The first-order chi connectivity index (χ1) is 8.27. The fourth-order valence-corrected chi connectivity index (χ4v) is 1.93. The molecule has 0 aliphatic heterocycles. The Labute approximate surface area is 103 Å². The summed E-state index contributed by atoms with van der Waals surface area (Å²) in [6.07, 6.45) is 0.822. The van der Waals surface area contributed by atoms with Crippen LogP contribution in [-0.4, -0.2) is 22.5 Å². The van der Waals surface area contributed by atoms with Gasteiger partial charge in [-0.2, -0.15) is 0 Å². The van der Waals surface area contributed by atoms with E-state index in [0.717, 1.165) is 5.56 Å². The number of carbonyl (C=O) groups is 1. The highest BCUT2D eigenvalue weighted by Gasteiger charge is 2.11. The normalized spacial score (nSPS) is 12.1. The van der Waals surface area contributed by atoms with E-state index < -0.39 is 6.10 Å². The van der Waals surface area contributed by atoms with Crippen molar-refractivity contribution in [3.05, 3.63) is 52.5 Å². The predicted molar refractivity (Wildman–Crippen MR) is 65.8 cm³/mol. The Bertz CT molecular complexity index is 471. The van der Waals surface area contributed by atoms with Crippen LogP contribution in [0.2, 0.25) is 0 Å². The Morgan fingerprint density at radius 1 is 1.41 bits per heavy atom. The summed E-state index contributed by atoms with van der Waals surface area (Å²) in [5, 5.41) is 12.5. The van der Waals surface area contributed by atoms with Gasteiger partial charge in [-0.1, -0.05) is 30.3 Å². The summed E-state index contributed by atoms with van der Waals surface area (Å²) in [6.45, 7) is 0.195. The Hall–Kier alpha value is -1.72. The minimum absolute atomic E-state index is 0.195. The number of aliphatic hydroxyl groups is 1. The van der Waals surface area contributed by atoms with E-state index in [1.54, 1.807) is 5.51 Å². The lowest BCUT2D eigenvalue weighted by atomic mass is 10.1. The van der Waals surface area contributed by atoms with Crippen LogP contribution in [0.4, 0.5) is 0 Å². The van der Waals surface area contributed by atoms with Gasteiger partial charge in [-0.25, -0.2) is 0 Å². The standard InChI is InChI=1S/C12H12N2O2S/c15-10(9-4-2-1-3-5-9)6-14-12(16)11-7-13-8-17-11/h1-5,7-8,10,15H,6H2,(H,14,16). The van der Waals surface area contributed by atoms with E-state index in [1.165, 1.54) is 17.5 Å². The molecule has 88 valence electrons. The second-order valence-corrected chi connectivity index (χ2v) is 4.39. The largest absolute Gasteiger partial charge is 0.387 e. The first-order valence-corrected chi connectivity index (χ1v) is 6.05. The molecule has 1 heterocycles. The van der Waals surface area contributed by atoms with E-state index in [0.29, 0.717) is 4.88 Å². The quantitative estimate of drug-likeness (QED) is 0.864. The molecule has 1 amide bonds. The van der Waals surface area contributed by atoms with Crippen molar-refractivity contribution in [1.29, 1.82) is 0 Å². The third kappa shape index (κ3) is 3.12. The van der Waals surface area contributed by atoms with Gasteiger partial charge in [-0.3, -0.25) is 9.78 Å². The molecule has 1 aromatic carbocycles. The zero-order valence-electron chi connectivity index (χ0n) is 9.04. The van der Waals surface area contributed by atoms with Crippen LogP contribution < -0.4 is 5.32 Å². The molecule has 0 saturated carbocycles. The van der Waals surface area contributed by atoms with E-state index in [2.05, 4.69) is 10.3 Å². The number of nitrogens with zero attached hydrogens (tertiary/aromatic N) is 1. The summed E-state index contributed by atoms with van der Waals surface area (Å²) in [5.41, 5.74) is 2.39. The summed E-state index contributed by atoms with van der Waals surface area (Å²) < 4.78 is 0. The van der Waals surface area contributed by atoms with Crippen molar-refractivity contribution in [2.75, 3.05) is 6.54 Å². The van der Waals surface area contributed by atoms with Gasteiger partial charge in [0.05, 0.1) is 17.8 Å². The van der Waals surface area contributed by atoms with Gasteiger partial charge in [0.25, 0.3) is 5.91 Å². The van der Waals surface area contributed by atoms with Gasteiger partial charge in [-0.15, -0.1) is 11.3 Å². The predicted octanol–water partition coefficient (Wildman–Crippen LogP) is 1.61. The molecule has 2 rings (SSSR count). The van der Waals surface area contributed by atoms with Gasteiger partial charge in [0.2, 0.25) is 0 Å². The van der Waals surface area contributed by atoms with E-state index in [4.69, 9.17) is 0 Å². The van der Waals surface area contributed by atoms with Gasteiger partial charge in [0.15, 0.2) is 0 Å². The third-order valence-electron chi connectivity index (χ3n) is 2.30. The molecule has 2 N–H and O–H groups in total. The maximum Gasteiger partial charge on any atom is 0.263 e. The smallest absolute Gasteiger partial charge is 0.263 e. The molecule has 1 unspecified atom stereocenters. The first kappa shape index (κ1) is 11.8.